The van der Waals surface area contributed by atoms with Gasteiger partial charge in [-0.1, -0.05) is 65.7 Å². The predicted molar refractivity (Wildman–Crippen MR) is 135 cm³/mol. The minimum Gasteiger partial charge on any atom is -0.349 e. The smallest absolute Gasteiger partial charge is 0.195 e. The Morgan fingerprint density at radius 1 is 1.10 bits per heavy atom. The third-order valence-corrected chi connectivity index (χ3v) is 8.17. The predicted octanol–water partition coefficient (Wildman–Crippen LogP) is 7.67. The molecule has 6 heteroatoms. The number of alkyl halides is 1. The Bertz CT molecular complexity index is 1020. The number of nitrogens with one attached hydrogen (secondary N) is 2. The van der Waals surface area contributed by atoms with Crippen LogP contribution in [-0.4, -0.2) is 9.66 Å². The van der Waals surface area contributed by atoms with Crippen LogP contribution in [0.15, 0.2) is 78.0 Å². The maximum atomic E-state index is 6.62. The van der Waals surface area contributed by atoms with Crippen molar-refractivity contribution in [1.29, 1.82) is 0 Å². The molecule has 0 radical (unpaired) electrons. The zero-order valence-corrected chi connectivity index (χ0v) is 20.3. The van der Waals surface area contributed by atoms with Crippen molar-refractivity contribution in [2.24, 2.45) is 0 Å². The summed E-state index contributed by atoms with van der Waals surface area (Å²) in [6, 6.07) is 16.1. The highest BCUT2D eigenvalue weighted by Gasteiger charge is 2.40. The van der Waals surface area contributed by atoms with Gasteiger partial charge < -0.3 is 5.32 Å². The van der Waals surface area contributed by atoms with E-state index in [0.717, 1.165) is 46.2 Å². The highest BCUT2D eigenvalue weighted by Crippen LogP contribution is 2.46. The van der Waals surface area contributed by atoms with Crippen LogP contribution in [0.1, 0.15) is 36.4 Å². The number of halogens is 3. The van der Waals surface area contributed by atoms with Crippen molar-refractivity contribution >= 4 is 57.0 Å². The molecule has 2 aromatic carbocycles. The highest BCUT2D eigenvalue weighted by atomic mass is 79.9. The van der Waals surface area contributed by atoms with Gasteiger partial charge in [-0.15, -0.1) is 18.3 Å². The average molecular weight is 522 g/mol. The molecule has 0 bridgehead atoms. The molecule has 2 nitrogen and oxygen atoms in total. The van der Waals surface area contributed by atoms with Crippen LogP contribution in [0, 0.1) is 0 Å². The van der Waals surface area contributed by atoms with E-state index < -0.39 is 3.90 Å². The summed E-state index contributed by atoms with van der Waals surface area (Å²) in [7, 11) is 0. The molecule has 1 aliphatic heterocycles. The number of allylic oxidation sites excluding steroid dienone is 1. The van der Waals surface area contributed by atoms with Crippen molar-refractivity contribution in [3.05, 3.63) is 99.2 Å². The van der Waals surface area contributed by atoms with Crippen LogP contribution in [0.4, 0.5) is 0 Å². The minimum absolute atomic E-state index is 0.0154. The van der Waals surface area contributed by atoms with Gasteiger partial charge in [0, 0.05) is 21.5 Å². The van der Waals surface area contributed by atoms with Crippen LogP contribution in [0.5, 0.6) is 0 Å². The summed E-state index contributed by atoms with van der Waals surface area (Å²) < 4.78 is -0.527. The first-order chi connectivity index (χ1) is 14.5. The van der Waals surface area contributed by atoms with Crippen molar-refractivity contribution in [3.63, 3.8) is 0 Å². The zero-order chi connectivity index (χ0) is 21.1. The second-order valence-electron chi connectivity index (χ2n) is 7.36. The molecule has 0 saturated heterocycles. The molecule has 0 aromatic heterocycles. The number of thioether (sulfide) groups is 1. The Labute approximate surface area is 200 Å². The van der Waals surface area contributed by atoms with Gasteiger partial charge in [0.25, 0.3) is 0 Å². The van der Waals surface area contributed by atoms with E-state index in [0.29, 0.717) is 0 Å². The van der Waals surface area contributed by atoms with Gasteiger partial charge in [0.2, 0.25) is 0 Å². The van der Waals surface area contributed by atoms with Gasteiger partial charge in [-0.2, -0.15) is 0 Å². The van der Waals surface area contributed by atoms with Gasteiger partial charge in [-0.05, 0) is 75.7 Å². The first-order valence-electron chi connectivity index (χ1n) is 9.93. The Morgan fingerprint density at radius 3 is 2.57 bits per heavy atom. The number of rotatable bonds is 5. The molecule has 1 aliphatic carbocycles. The number of benzene rings is 2. The van der Waals surface area contributed by atoms with E-state index in [4.69, 9.17) is 23.2 Å². The lowest BCUT2D eigenvalue weighted by Crippen LogP contribution is -2.55. The first kappa shape index (κ1) is 22.0. The maximum absolute atomic E-state index is 6.62. The molecule has 2 N–H and O–H groups in total. The van der Waals surface area contributed by atoms with Crippen molar-refractivity contribution in [2.45, 2.75) is 29.2 Å². The standard InChI is InChI=1S/C24H23BrCl2N2S/c1-2-14-30-24(25)28-22-17(15-16-8-3-5-12-20(16)26)9-7-11-19(22)23(29-24)18-10-4-6-13-21(18)27/h2-6,8,10,12-13,15,23,28-29H,1,7,9,11,14H2. The largest absolute Gasteiger partial charge is 0.349 e. The molecule has 2 aliphatic rings. The molecule has 0 spiro atoms. The fourth-order valence-electron chi connectivity index (χ4n) is 3.99. The van der Waals surface area contributed by atoms with Gasteiger partial charge in [0.15, 0.2) is 3.90 Å². The molecule has 4 rings (SSSR count). The summed E-state index contributed by atoms with van der Waals surface area (Å²) in [4.78, 5) is 0. The van der Waals surface area contributed by atoms with E-state index in [1.54, 1.807) is 11.8 Å². The molecule has 0 fully saturated rings. The van der Waals surface area contributed by atoms with Gasteiger partial charge in [-0.25, -0.2) is 0 Å². The van der Waals surface area contributed by atoms with Crippen molar-refractivity contribution < 1.29 is 0 Å². The van der Waals surface area contributed by atoms with Gasteiger partial charge in [-0.3, -0.25) is 5.32 Å². The van der Waals surface area contributed by atoms with Crippen LogP contribution in [-0.2, 0) is 0 Å². The Hall–Kier alpha value is -1.17. The fourth-order valence-corrected chi connectivity index (χ4v) is 5.98. The topological polar surface area (TPSA) is 24.1 Å². The molecule has 0 amide bonds. The van der Waals surface area contributed by atoms with Crippen molar-refractivity contribution in [3.8, 4) is 0 Å². The van der Waals surface area contributed by atoms with Gasteiger partial charge >= 0.3 is 0 Å². The SMILES string of the molecule is C=CCSC1(Br)NC2=C(CCCC2=Cc2ccccc2Cl)C(c2ccccc2Cl)N1. The zero-order valence-electron chi connectivity index (χ0n) is 16.4. The van der Waals surface area contributed by atoms with Crippen LogP contribution < -0.4 is 10.6 Å². The molecular weight excluding hydrogens is 499 g/mol. The Kier molecular flexibility index (Phi) is 7.01. The normalized spacial score (nSPS) is 25.0. The quantitative estimate of drug-likeness (QED) is 0.239. The number of hydrogen-bond acceptors (Lipinski definition) is 3. The first-order valence-corrected chi connectivity index (χ1v) is 12.5. The van der Waals surface area contributed by atoms with E-state index in [-0.39, 0.29) is 6.04 Å². The summed E-state index contributed by atoms with van der Waals surface area (Å²) in [6.45, 7) is 3.87. The summed E-state index contributed by atoms with van der Waals surface area (Å²) in [5.41, 5.74) is 5.91. The lowest BCUT2D eigenvalue weighted by atomic mass is 9.83. The van der Waals surface area contributed by atoms with E-state index in [9.17, 15) is 0 Å². The monoisotopic (exact) mass is 520 g/mol. The van der Waals surface area contributed by atoms with E-state index in [1.165, 1.54) is 16.8 Å². The maximum Gasteiger partial charge on any atom is 0.195 e. The molecule has 30 heavy (non-hydrogen) atoms. The lowest BCUT2D eigenvalue weighted by molar-refractivity contribution is 0.439. The molecule has 2 atom stereocenters. The number of hydrogen-bond donors (Lipinski definition) is 2. The van der Waals surface area contributed by atoms with Gasteiger partial charge in [0.1, 0.15) is 0 Å². The van der Waals surface area contributed by atoms with E-state index in [2.05, 4.69) is 51.4 Å². The molecule has 2 unspecified atom stereocenters. The second-order valence-corrected chi connectivity index (χ2v) is 11.1. The van der Waals surface area contributed by atoms with Crippen LogP contribution in [0.25, 0.3) is 6.08 Å². The third-order valence-electron chi connectivity index (χ3n) is 5.35. The summed E-state index contributed by atoms with van der Waals surface area (Å²) in [5.74, 6) is 0.798. The molecule has 0 saturated carbocycles. The fraction of sp³-hybridized carbons (Fsp3) is 0.250. The Balaban J connectivity index is 1.82. The van der Waals surface area contributed by atoms with Crippen LogP contribution >= 0.6 is 50.9 Å². The Morgan fingerprint density at radius 2 is 1.83 bits per heavy atom. The van der Waals surface area contributed by atoms with E-state index in [1.807, 2.05) is 42.5 Å². The van der Waals surface area contributed by atoms with Crippen LogP contribution in [0.2, 0.25) is 10.0 Å². The van der Waals surface area contributed by atoms with Crippen molar-refractivity contribution in [1.82, 2.24) is 10.6 Å². The summed E-state index contributed by atoms with van der Waals surface area (Å²) in [6.07, 6.45) is 7.23. The lowest BCUT2D eigenvalue weighted by Gasteiger charge is -2.44. The van der Waals surface area contributed by atoms with Gasteiger partial charge in [0.05, 0.1) is 6.04 Å². The van der Waals surface area contributed by atoms with Crippen molar-refractivity contribution in [2.75, 3.05) is 5.75 Å². The minimum atomic E-state index is -0.527. The second kappa shape index (κ2) is 9.54. The van der Waals surface area contributed by atoms with E-state index >= 15 is 0 Å². The summed E-state index contributed by atoms with van der Waals surface area (Å²) in [5, 5.41) is 9.00. The third kappa shape index (κ3) is 4.68. The van der Waals surface area contributed by atoms with Crippen LogP contribution in [0.3, 0.4) is 0 Å². The molecule has 2 aromatic rings. The average Bonchev–Trinajstić information content (AvgIpc) is 2.74. The molecular formula is C24H23BrCl2N2S. The highest BCUT2D eigenvalue weighted by molar-refractivity contribution is 9.11. The molecule has 156 valence electrons. The summed E-state index contributed by atoms with van der Waals surface area (Å²) >= 11 is 18.7. The molecule has 1 heterocycles.